The van der Waals surface area contributed by atoms with Gasteiger partial charge < -0.3 is 4.74 Å². The second-order valence-electron chi connectivity index (χ2n) is 3.53. The molecule has 0 amide bonds. The Balaban J connectivity index is 2.15. The summed E-state index contributed by atoms with van der Waals surface area (Å²) in [5.74, 6) is -0.603. The molecule has 2 aromatic rings. The molecule has 0 saturated carbocycles. The highest BCUT2D eigenvalue weighted by Crippen LogP contribution is 2.22. The van der Waals surface area contributed by atoms with Crippen molar-refractivity contribution in [3.63, 3.8) is 0 Å². The molecule has 1 aromatic carbocycles. The lowest BCUT2D eigenvalue weighted by Crippen LogP contribution is -2.02. The molecule has 0 aliphatic rings. The smallest absolute Gasteiger partial charge is 0.166 e. The highest BCUT2D eigenvalue weighted by atomic mass is 79.9. The van der Waals surface area contributed by atoms with E-state index in [-0.39, 0.29) is 17.9 Å². The summed E-state index contributed by atoms with van der Waals surface area (Å²) < 4.78 is 19.6. The van der Waals surface area contributed by atoms with E-state index in [1.807, 2.05) is 6.07 Å². The number of carbonyl (C=O) groups excluding carboxylic acids is 1. The Morgan fingerprint density at radius 2 is 2.17 bits per heavy atom. The van der Waals surface area contributed by atoms with Crippen LogP contribution in [0.4, 0.5) is 4.39 Å². The number of aromatic nitrogens is 1. The van der Waals surface area contributed by atoms with Crippen LogP contribution in [0.15, 0.2) is 41.0 Å². The van der Waals surface area contributed by atoms with Crippen LogP contribution in [0.1, 0.15) is 16.1 Å². The van der Waals surface area contributed by atoms with Crippen molar-refractivity contribution in [2.24, 2.45) is 0 Å². The Morgan fingerprint density at radius 3 is 2.83 bits per heavy atom. The average molecular weight is 310 g/mol. The molecule has 3 nitrogen and oxygen atoms in total. The van der Waals surface area contributed by atoms with Crippen LogP contribution in [-0.4, -0.2) is 11.3 Å². The van der Waals surface area contributed by atoms with E-state index in [1.54, 1.807) is 12.3 Å². The van der Waals surface area contributed by atoms with Gasteiger partial charge in [-0.1, -0.05) is 6.07 Å². The van der Waals surface area contributed by atoms with Gasteiger partial charge in [0.1, 0.15) is 6.61 Å². The zero-order valence-electron chi connectivity index (χ0n) is 9.27. The fraction of sp³-hybridized carbons (Fsp3) is 0.0769. The third-order valence-corrected chi connectivity index (χ3v) is 2.75. The summed E-state index contributed by atoms with van der Waals surface area (Å²) >= 11 is 3.27. The first kappa shape index (κ1) is 12.7. The van der Waals surface area contributed by atoms with Crippen molar-refractivity contribution in [2.45, 2.75) is 6.61 Å². The first-order chi connectivity index (χ1) is 8.70. The zero-order valence-corrected chi connectivity index (χ0v) is 10.9. The van der Waals surface area contributed by atoms with Gasteiger partial charge in [-0.3, -0.25) is 9.78 Å². The van der Waals surface area contributed by atoms with Crippen LogP contribution in [0.2, 0.25) is 0 Å². The van der Waals surface area contributed by atoms with E-state index in [9.17, 15) is 9.18 Å². The quantitative estimate of drug-likeness (QED) is 0.813. The zero-order chi connectivity index (χ0) is 13.0. The number of hydrogen-bond acceptors (Lipinski definition) is 3. The molecule has 1 aromatic heterocycles. The molecule has 0 bridgehead atoms. The summed E-state index contributed by atoms with van der Waals surface area (Å²) in [5, 5.41) is 0. The van der Waals surface area contributed by atoms with Gasteiger partial charge in [0.25, 0.3) is 0 Å². The van der Waals surface area contributed by atoms with E-state index >= 15 is 0 Å². The Bertz CT molecular complexity index is 557. The molecule has 0 spiro atoms. The topological polar surface area (TPSA) is 39.2 Å². The molecule has 1 heterocycles. The maximum Gasteiger partial charge on any atom is 0.166 e. The number of benzene rings is 1. The SMILES string of the molecule is O=Cc1cccc(F)c1OCc1ccc(Br)cn1. The van der Waals surface area contributed by atoms with Crippen molar-refractivity contribution in [3.05, 3.63) is 58.1 Å². The van der Waals surface area contributed by atoms with E-state index < -0.39 is 5.82 Å². The second kappa shape index (κ2) is 5.73. The minimum Gasteiger partial charge on any atom is -0.483 e. The number of halogens is 2. The van der Waals surface area contributed by atoms with Crippen LogP contribution in [0.3, 0.4) is 0 Å². The second-order valence-corrected chi connectivity index (χ2v) is 4.45. The fourth-order valence-corrected chi connectivity index (χ4v) is 1.64. The first-order valence-electron chi connectivity index (χ1n) is 5.17. The molecule has 2 rings (SSSR count). The molecule has 0 atom stereocenters. The van der Waals surface area contributed by atoms with Gasteiger partial charge in [0.05, 0.1) is 11.3 Å². The number of hydrogen-bond donors (Lipinski definition) is 0. The first-order valence-corrected chi connectivity index (χ1v) is 5.97. The number of pyridine rings is 1. The van der Waals surface area contributed by atoms with Gasteiger partial charge in [0.2, 0.25) is 0 Å². The van der Waals surface area contributed by atoms with Gasteiger partial charge in [0.15, 0.2) is 17.9 Å². The molecule has 0 aliphatic heterocycles. The minimum absolute atomic E-state index is 0.0442. The Hall–Kier alpha value is -1.75. The Kier molecular flexibility index (Phi) is 4.04. The fourth-order valence-electron chi connectivity index (χ4n) is 1.41. The average Bonchev–Trinajstić information content (AvgIpc) is 2.39. The van der Waals surface area contributed by atoms with Crippen LogP contribution < -0.4 is 4.74 Å². The number of ether oxygens (including phenoxy) is 1. The van der Waals surface area contributed by atoms with E-state index in [0.29, 0.717) is 12.0 Å². The van der Waals surface area contributed by atoms with Gasteiger partial charge >= 0.3 is 0 Å². The summed E-state index contributed by atoms with van der Waals surface area (Å²) in [5.41, 5.74) is 0.838. The number of aldehydes is 1. The normalized spacial score (nSPS) is 10.1. The van der Waals surface area contributed by atoms with Gasteiger partial charge in [-0.05, 0) is 40.2 Å². The largest absolute Gasteiger partial charge is 0.483 e. The summed E-state index contributed by atoms with van der Waals surface area (Å²) in [7, 11) is 0. The van der Waals surface area contributed by atoms with Crippen molar-refractivity contribution in [1.82, 2.24) is 4.98 Å². The highest BCUT2D eigenvalue weighted by molar-refractivity contribution is 9.10. The van der Waals surface area contributed by atoms with Crippen LogP contribution in [0.5, 0.6) is 5.75 Å². The maximum atomic E-state index is 13.5. The minimum atomic E-state index is -0.559. The molecule has 0 fully saturated rings. The van der Waals surface area contributed by atoms with E-state index in [4.69, 9.17) is 4.74 Å². The van der Waals surface area contributed by atoms with Crippen molar-refractivity contribution in [2.75, 3.05) is 0 Å². The third kappa shape index (κ3) is 2.92. The summed E-state index contributed by atoms with van der Waals surface area (Å²) in [4.78, 5) is 14.9. The summed E-state index contributed by atoms with van der Waals surface area (Å²) in [6.07, 6.45) is 2.19. The van der Waals surface area contributed by atoms with Gasteiger partial charge in [0, 0.05) is 10.7 Å². The lowest BCUT2D eigenvalue weighted by atomic mass is 10.2. The molecule has 0 aliphatic carbocycles. The van der Waals surface area contributed by atoms with E-state index in [1.165, 1.54) is 18.2 Å². The van der Waals surface area contributed by atoms with Gasteiger partial charge in [-0.2, -0.15) is 0 Å². The summed E-state index contributed by atoms with van der Waals surface area (Å²) in [6.45, 7) is 0.106. The molecule has 18 heavy (non-hydrogen) atoms. The lowest BCUT2D eigenvalue weighted by molar-refractivity contribution is 0.111. The molecule has 0 N–H and O–H groups in total. The van der Waals surface area contributed by atoms with E-state index in [0.717, 1.165) is 4.47 Å². The van der Waals surface area contributed by atoms with Crippen molar-refractivity contribution in [1.29, 1.82) is 0 Å². The standard InChI is InChI=1S/C13H9BrFNO2/c14-10-4-5-11(16-6-10)8-18-13-9(7-17)2-1-3-12(13)15/h1-7H,8H2. The molecular formula is C13H9BrFNO2. The van der Waals surface area contributed by atoms with Crippen LogP contribution in [0, 0.1) is 5.82 Å². The summed E-state index contributed by atoms with van der Waals surface area (Å²) in [6, 6.07) is 7.78. The van der Waals surface area contributed by atoms with Crippen molar-refractivity contribution < 1.29 is 13.9 Å². The monoisotopic (exact) mass is 309 g/mol. The maximum absolute atomic E-state index is 13.5. The van der Waals surface area contributed by atoms with Gasteiger partial charge in [-0.25, -0.2) is 4.39 Å². The predicted molar refractivity (Wildman–Crippen MR) is 68.1 cm³/mol. The molecule has 92 valence electrons. The third-order valence-electron chi connectivity index (χ3n) is 2.28. The van der Waals surface area contributed by atoms with Crippen molar-refractivity contribution in [3.8, 4) is 5.75 Å². The number of nitrogens with zero attached hydrogens (tertiary/aromatic N) is 1. The Morgan fingerprint density at radius 1 is 1.33 bits per heavy atom. The molecular weight excluding hydrogens is 301 g/mol. The van der Waals surface area contributed by atoms with Gasteiger partial charge in [-0.15, -0.1) is 0 Å². The number of rotatable bonds is 4. The molecule has 0 radical (unpaired) electrons. The number of carbonyl (C=O) groups is 1. The molecule has 0 saturated heterocycles. The van der Waals surface area contributed by atoms with E-state index in [2.05, 4.69) is 20.9 Å². The van der Waals surface area contributed by atoms with Crippen molar-refractivity contribution >= 4 is 22.2 Å². The predicted octanol–water partition coefficient (Wildman–Crippen LogP) is 3.37. The highest BCUT2D eigenvalue weighted by Gasteiger charge is 2.09. The van der Waals surface area contributed by atoms with Crippen LogP contribution in [-0.2, 0) is 6.61 Å². The molecule has 5 heteroatoms. The molecule has 0 unspecified atom stereocenters. The number of para-hydroxylation sites is 1. The lowest BCUT2D eigenvalue weighted by Gasteiger charge is -2.08. The van der Waals surface area contributed by atoms with Crippen LogP contribution in [0.25, 0.3) is 0 Å². The van der Waals surface area contributed by atoms with Crippen LogP contribution >= 0.6 is 15.9 Å². The Labute approximate surface area is 112 Å².